The van der Waals surface area contributed by atoms with Gasteiger partial charge in [0.15, 0.2) is 5.17 Å². The molecule has 0 aliphatic rings. The van der Waals surface area contributed by atoms with Crippen LogP contribution in [0.15, 0.2) is 29.3 Å². The van der Waals surface area contributed by atoms with Crippen molar-refractivity contribution in [1.29, 1.82) is 0 Å². The van der Waals surface area contributed by atoms with E-state index in [1.165, 1.54) is 0 Å². The lowest BCUT2D eigenvalue weighted by Gasteiger charge is -2.10. The molecule has 1 N–H and O–H groups in total. The molecule has 2 nitrogen and oxygen atoms in total. The van der Waals surface area contributed by atoms with Gasteiger partial charge in [0, 0.05) is 23.0 Å². The van der Waals surface area contributed by atoms with Gasteiger partial charge in [-0.1, -0.05) is 43.3 Å². The fourth-order valence-corrected chi connectivity index (χ4v) is 1.97. The molecule has 0 saturated heterocycles. The molecule has 0 spiro atoms. The number of aliphatic imine (C=N–C) groups is 1. The minimum absolute atomic E-state index is 0.510. The van der Waals surface area contributed by atoms with E-state index in [0.717, 1.165) is 15.9 Å². The highest BCUT2D eigenvalue weighted by molar-refractivity contribution is 8.14. The third kappa shape index (κ3) is 4.58. The molecule has 0 saturated carbocycles. The molecule has 15 heavy (non-hydrogen) atoms. The van der Waals surface area contributed by atoms with Gasteiger partial charge in [0.25, 0.3) is 0 Å². The molecule has 82 valence electrons. The van der Waals surface area contributed by atoms with E-state index >= 15 is 0 Å². The lowest BCUT2D eigenvalue weighted by atomic mass is 10.3. The Labute approximate surface area is 100 Å². The van der Waals surface area contributed by atoms with Gasteiger partial charge >= 0.3 is 0 Å². The van der Waals surface area contributed by atoms with Crippen molar-refractivity contribution < 1.29 is 0 Å². The average molecular weight is 243 g/mol. The first-order chi connectivity index (χ1) is 7.11. The summed E-state index contributed by atoms with van der Waals surface area (Å²) in [6.45, 7) is 4.27. The molecule has 4 heteroatoms. The van der Waals surface area contributed by atoms with E-state index in [-0.39, 0.29) is 0 Å². The SMILES string of the molecule is CN=C(Nc1cccc(Cl)c1)SC(C)C. The minimum Gasteiger partial charge on any atom is -0.335 e. The smallest absolute Gasteiger partial charge is 0.161 e. The van der Waals surface area contributed by atoms with Crippen molar-refractivity contribution in [3.8, 4) is 0 Å². The average Bonchev–Trinajstić information content (AvgIpc) is 2.16. The first-order valence-electron chi connectivity index (χ1n) is 4.78. The van der Waals surface area contributed by atoms with Gasteiger partial charge < -0.3 is 5.32 Å². The Kier molecular flexibility index (Phi) is 4.99. The van der Waals surface area contributed by atoms with E-state index in [4.69, 9.17) is 11.6 Å². The maximum atomic E-state index is 5.89. The third-order valence-corrected chi connectivity index (χ3v) is 2.84. The number of halogens is 1. The van der Waals surface area contributed by atoms with Crippen molar-refractivity contribution in [2.75, 3.05) is 12.4 Å². The molecule has 0 bridgehead atoms. The number of hydrogen-bond donors (Lipinski definition) is 1. The van der Waals surface area contributed by atoms with Crippen molar-refractivity contribution in [1.82, 2.24) is 0 Å². The first kappa shape index (κ1) is 12.4. The summed E-state index contributed by atoms with van der Waals surface area (Å²) in [4.78, 5) is 4.18. The van der Waals surface area contributed by atoms with Gasteiger partial charge in [-0.2, -0.15) is 0 Å². The van der Waals surface area contributed by atoms with Crippen LogP contribution >= 0.6 is 23.4 Å². The Bertz CT molecular complexity index is 350. The second kappa shape index (κ2) is 6.03. The van der Waals surface area contributed by atoms with Gasteiger partial charge in [-0.05, 0) is 18.2 Å². The molecule has 0 aliphatic heterocycles. The highest BCUT2D eigenvalue weighted by Gasteiger charge is 2.03. The predicted molar refractivity (Wildman–Crippen MR) is 71.2 cm³/mol. The van der Waals surface area contributed by atoms with Crippen molar-refractivity contribution in [3.63, 3.8) is 0 Å². The van der Waals surface area contributed by atoms with Crippen molar-refractivity contribution in [3.05, 3.63) is 29.3 Å². The molecule has 0 unspecified atom stereocenters. The predicted octanol–water partition coefficient (Wildman–Crippen LogP) is 3.88. The molecule has 0 amide bonds. The lowest BCUT2D eigenvalue weighted by molar-refractivity contribution is 1.12. The molecular weight excluding hydrogens is 228 g/mol. The molecule has 1 rings (SSSR count). The van der Waals surface area contributed by atoms with Crippen LogP contribution in [0.2, 0.25) is 5.02 Å². The van der Waals surface area contributed by atoms with Crippen molar-refractivity contribution >= 4 is 34.2 Å². The maximum absolute atomic E-state index is 5.89. The topological polar surface area (TPSA) is 24.4 Å². The van der Waals surface area contributed by atoms with Crippen LogP contribution in [0.4, 0.5) is 5.69 Å². The van der Waals surface area contributed by atoms with E-state index < -0.39 is 0 Å². The zero-order valence-electron chi connectivity index (χ0n) is 9.12. The van der Waals surface area contributed by atoms with Gasteiger partial charge in [0.2, 0.25) is 0 Å². The second-order valence-corrected chi connectivity index (χ2v) is 5.33. The van der Waals surface area contributed by atoms with Gasteiger partial charge in [-0.15, -0.1) is 0 Å². The largest absolute Gasteiger partial charge is 0.335 e. The number of nitrogens with zero attached hydrogens (tertiary/aromatic N) is 1. The number of nitrogens with one attached hydrogen (secondary N) is 1. The summed E-state index contributed by atoms with van der Waals surface area (Å²) in [6.07, 6.45) is 0. The van der Waals surface area contributed by atoms with Crippen LogP contribution in [-0.4, -0.2) is 17.5 Å². The van der Waals surface area contributed by atoms with Crippen LogP contribution in [0.1, 0.15) is 13.8 Å². The molecule has 0 heterocycles. The number of benzene rings is 1. The van der Waals surface area contributed by atoms with Crippen LogP contribution in [0.25, 0.3) is 0 Å². The Morgan fingerprint density at radius 2 is 2.20 bits per heavy atom. The van der Waals surface area contributed by atoms with E-state index in [9.17, 15) is 0 Å². The quantitative estimate of drug-likeness (QED) is 0.629. The van der Waals surface area contributed by atoms with Crippen LogP contribution in [-0.2, 0) is 0 Å². The summed E-state index contributed by atoms with van der Waals surface area (Å²) >= 11 is 7.59. The third-order valence-electron chi connectivity index (χ3n) is 1.63. The monoisotopic (exact) mass is 242 g/mol. The van der Waals surface area contributed by atoms with Gasteiger partial charge in [0.1, 0.15) is 0 Å². The standard InChI is InChI=1S/C11H15ClN2S/c1-8(2)15-11(13-3)14-10-6-4-5-9(12)7-10/h4-8H,1-3H3,(H,13,14). The molecule has 0 aromatic heterocycles. The summed E-state index contributed by atoms with van der Waals surface area (Å²) in [5.41, 5.74) is 0.969. The van der Waals surface area contributed by atoms with E-state index in [1.807, 2.05) is 24.3 Å². The zero-order valence-corrected chi connectivity index (χ0v) is 10.7. The van der Waals surface area contributed by atoms with Gasteiger partial charge in [-0.3, -0.25) is 4.99 Å². The van der Waals surface area contributed by atoms with Crippen LogP contribution < -0.4 is 5.32 Å². The summed E-state index contributed by atoms with van der Waals surface area (Å²) in [5, 5.41) is 5.38. The molecule has 0 aliphatic carbocycles. The molecule has 0 atom stereocenters. The lowest BCUT2D eigenvalue weighted by Crippen LogP contribution is -2.10. The molecule has 1 aromatic rings. The Hall–Kier alpha value is -0.670. The fourth-order valence-electron chi connectivity index (χ4n) is 1.05. The van der Waals surface area contributed by atoms with E-state index in [1.54, 1.807) is 18.8 Å². The minimum atomic E-state index is 0.510. The summed E-state index contributed by atoms with van der Waals surface area (Å²) < 4.78 is 0. The number of rotatable bonds is 2. The normalized spacial score (nSPS) is 11.9. The Morgan fingerprint density at radius 1 is 1.47 bits per heavy atom. The van der Waals surface area contributed by atoms with Crippen molar-refractivity contribution in [2.45, 2.75) is 19.1 Å². The second-order valence-electron chi connectivity index (χ2n) is 3.33. The van der Waals surface area contributed by atoms with E-state index in [2.05, 4.69) is 24.2 Å². The van der Waals surface area contributed by atoms with E-state index in [0.29, 0.717) is 5.25 Å². The highest BCUT2D eigenvalue weighted by Crippen LogP contribution is 2.18. The summed E-state index contributed by atoms with van der Waals surface area (Å²) in [5.74, 6) is 0. The Balaban J connectivity index is 2.67. The highest BCUT2D eigenvalue weighted by atomic mass is 35.5. The van der Waals surface area contributed by atoms with Crippen LogP contribution in [0, 0.1) is 0 Å². The van der Waals surface area contributed by atoms with Gasteiger partial charge in [0.05, 0.1) is 0 Å². The van der Waals surface area contributed by atoms with Crippen LogP contribution in [0.5, 0.6) is 0 Å². The zero-order chi connectivity index (χ0) is 11.3. The first-order valence-corrected chi connectivity index (χ1v) is 6.03. The number of hydrogen-bond acceptors (Lipinski definition) is 2. The Morgan fingerprint density at radius 3 is 2.73 bits per heavy atom. The molecular formula is C11H15ClN2S. The number of amidine groups is 1. The summed E-state index contributed by atoms with van der Waals surface area (Å²) in [7, 11) is 1.78. The van der Waals surface area contributed by atoms with Crippen LogP contribution in [0.3, 0.4) is 0 Å². The molecule has 0 fully saturated rings. The number of anilines is 1. The van der Waals surface area contributed by atoms with Gasteiger partial charge in [-0.25, -0.2) is 0 Å². The molecule has 1 aromatic carbocycles. The maximum Gasteiger partial charge on any atom is 0.161 e. The fraction of sp³-hybridized carbons (Fsp3) is 0.364. The molecule has 0 radical (unpaired) electrons. The number of thioether (sulfide) groups is 1. The van der Waals surface area contributed by atoms with Crippen molar-refractivity contribution in [2.24, 2.45) is 4.99 Å². The summed E-state index contributed by atoms with van der Waals surface area (Å²) in [6, 6.07) is 7.62.